The summed E-state index contributed by atoms with van der Waals surface area (Å²) in [6.45, 7) is 0.529. The van der Waals surface area contributed by atoms with E-state index in [0.29, 0.717) is 37.9 Å². The fourth-order valence-electron chi connectivity index (χ4n) is 1.61. The van der Waals surface area contributed by atoms with Gasteiger partial charge in [-0.1, -0.05) is 12.2 Å². The lowest BCUT2D eigenvalue weighted by atomic mass is 9.98. The van der Waals surface area contributed by atoms with Crippen LogP contribution in [0, 0.1) is 0 Å². The summed E-state index contributed by atoms with van der Waals surface area (Å²) in [6.07, 6.45) is 3.34. The van der Waals surface area contributed by atoms with E-state index in [0.717, 1.165) is 5.57 Å². The Bertz CT molecular complexity index is 283. The summed E-state index contributed by atoms with van der Waals surface area (Å²) in [5.74, 6) is 0. The van der Waals surface area contributed by atoms with Gasteiger partial charge in [-0.15, -0.1) is 0 Å². The van der Waals surface area contributed by atoms with Gasteiger partial charge in [0.25, 0.3) is 0 Å². The van der Waals surface area contributed by atoms with Crippen molar-refractivity contribution in [3.05, 3.63) is 23.3 Å². The molecule has 0 aromatic carbocycles. The van der Waals surface area contributed by atoms with Gasteiger partial charge < -0.3 is 25.2 Å². The molecule has 1 atom stereocenters. The van der Waals surface area contributed by atoms with Gasteiger partial charge in [0.2, 0.25) is 0 Å². The van der Waals surface area contributed by atoms with Gasteiger partial charge in [0.1, 0.15) is 0 Å². The summed E-state index contributed by atoms with van der Waals surface area (Å²) < 4.78 is 5.20. The molecular weight excluding hydrogens is 224 g/mol. The summed E-state index contributed by atoms with van der Waals surface area (Å²) in [7, 11) is 0. The molecule has 0 bridgehead atoms. The van der Waals surface area contributed by atoms with Gasteiger partial charge in [0.05, 0.1) is 6.61 Å². The lowest BCUT2D eigenvalue weighted by Gasteiger charge is -2.20. The van der Waals surface area contributed by atoms with E-state index in [2.05, 4.69) is 0 Å². The van der Waals surface area contributed by atoms with Crippen molar-refractivity contribution in [2.24, 2.45) is 0 Å². The number of rotatable bonds is 7. The first kappa shape index (κ1) is 14.3. The average Bonchev–Trinajstić information content (AvgIpc) is 2.34. The number of allylic oxidation sites excluding steroid dienone is 2. The molecule has 0 radical (unpaired) electrons. The third-order valence-corrected chi connectivity index (χ3v) is 2.69. The van der Waals surface area contributed by atoms with Crippen molar-refractivity contribution in [2.75, 3.05) is 13.2 Å². The van der Waals surface area contributed by atoms with Crippen molar-refractivity contribution >= 4 is 0 Å². The Morgan fingerprint density at radius 1 is 1.06 bits per heavy atom. The Kier molecular flexibility index (Phi) is 6.39. The zero-order chi connectivity index (χ0) is 12.7. The van der Waals surface area contributed by atoms with E-state index in [1.54, 1.807) is 12.2 Å². The first-order valence-electron chi connectivity index (χ1n) is 5.81. The number of aliphatic hydroxyl groups is 4. The summed E-state index contributed by atoms with van der Waals surface area (Å²) in [5.41, 5.74) is 1.28. The van der Waals surface area contributed by atoms with Crippen molar-refractivity contribution in [1.82, 2.24) is 0 Å². The third-order valence-electron chi connectivity index (χ3n) is 2.69. The van der Waals surface area contributed by atoms with Crippen LogP contribution in [-0.4, -0.2) is 46.2 Å². The van der Waals surface area contributed by atoms with Crippen molar-refractivity contribution in [3.8, 4) is 0 Å². The summed E-state index contributed by atoms with van der Waals surface area (Å²) in [6, 6.07) is 0. The molecule has 0 aliphatic heterocycles. The predicted molar refractivity (Wildman–Crippen MR) is 61.9 cm³/mol. The van der Waals surface area contributed by atoms with Gasteiger partial charge in [0.15, 0.2) is 12.6 Å². The fourth-order valence-corrected chi connectivity index (χ4v) is 1.61. The standard InChI is InChI=1S/C12H20O5/c13-7-1-2-8-17-12(16)10-5-3-9(4-6-10)11(14)15/h3,5,11-16H,1-2,4,6-8H2. The van der Waals surface area contributed by atoms with Crippen molar-refractivity contribution < 1.29 is 25.2 Å². The van der Waals surface area contributed by atoms with Crippen LogP contribution >= 0.6 is 0 Å². The molecule has 1 unspecified atom stereocenters. The normalized spacial score (nSPS) is 17.9. The fraction of sp³-hybridized carbons (Fsp3) is 0.667. The maximum Gasteiger partial charge on any atom is 0.177 e. The number of ether oxygens (including phenoxy) is 1. The zero-order valence-electron chi connectivity index (χ0n) is 9.75. The van der Waals surface area contributed by atoms with Gasteiger partial charge in [-0.05, 0) is 36.8 Å². The molecular formula is C12H20O5. The molecule has 0 amide bonds. The first-order chi connectivity index (χ1) is 8.15. The van der Waals surface area contributed by atoms with Crippen LogP contribution in [0.2, 0.25) is 0 Å². The monoisotopic (exact) mass is 244 g/mol. The molecule has 1 rings (SSSR count). The molecule has 4 N–H and O–H groups in total. The van der Waals surface area contributed by atoms with Gasteiger partial charge in [-0.25, -0.2) is 0 Å². The van der Waals surface area contributed by atoms with Crippen LogP contribution < -0.4 is 0 Å². The van der Waals surface area contributed by atoms with Gasteiger partial charge in [-0.3, -0.25) is 0 Å². The topological polar surface area (TPSA) is 90.2 Å². The van der Waals surface area contributed by atoms with Crippen LogP contribution in [0.1, 0.15) is 25.7 Å². The van der Waals surface area contributed by atoms with E-state index in [4.69, 9.17) is 20.1 Å². The van der Waals surface area contributed by atoms with Crippen LogP contribution in [0.25, 0.3) is 0 Å². The molecule has 0 fully saturated rings. The summed E-state index contributed by atoms with van der Waals surface area (Å²) in [4.78, 5) is 0. The van der Waals surface area contributed by atoms with Gasteiger partial charge in [0, 0.05) is 6.61 Å². The molecule has 5 nitrogen and oxygen atoms in total. The highest BCUT2D eigenvalue weighted by atomic mass is 16.6. The molecule has 1 aliphatic carbocycles. The minimum absolute atomic E-state index is 0.128. The van der Waals surface area contributed by atoms with Crippen LogP contribution in [0.3, 0.4) is 0 Å². The SMILES string of the molecule is OCCCCOC(O)C1=CC=C(C(O)O)CC1. The van der Waals surface area contributed by atoms with Crippen LogP contribution in [0.15, 0.2) is 23.3 Å². The molecule has 0 saturated carbocycles. The highest BCUT2D eigenvalue weighted by Crippen LogP contribution is 2.22. The highest BCUT2D eigenvalue weighted by Gasteiger charge is 2.17. The second kappa shape index (κ2) is 7.58. The Balaban J connectivity index is 2.35. The molecule has 1 aliphatic rings. The molecule has 0 heterocycles. The highest BCUT2D eigenvalue weighted by molar-refractivity contribution is 5.26. The number of unbranched alkanes of at least 4 members (excludes halogenated alkanes) is 1. The molecule has 17 heavy (non-hydrogen) atoms. The van der Waals surface area contributed by atoms with E-state index in [9.17, 15) is 5.11 Å². The minimum Gasteiger partial charge on any atom is -0.396 e. The second-order valence-electron chi connectivity index (χ2n) is 4.01. The number of hydrogen-bond acceptors (Lipinski definition) is 5. The second-order valence-corrected chi connectivity index (χ2v) is 4.01. The van der Waals surface area contributed by atoms with E-state index < -0.39 is 12.6 Å². The quantitative estimate of drug-likeness (QED) is 0.375. The van der Waals surface area contributed by atoms with E-state index >= 15 is 0 Å². The lowest BCUT2D eigenvalue weighted by Crippen LogP contribution is -2.19. The molecule has 0 aromatic heterocycles. The van der Waals surface area contributed by atoms with Crippen molar-refractivity contribution in [1.29, 1.82) is 0 Å². The van der Waals surface area contributed by atoms with Crippen molar-refractivity contribution in [2.45, 2.75) is 38.3 Å². The van der Waals surface area contributed by atoms with E-state index in [1.807, 2.05) is 0 Å². The third kappa shape index (κ3) is 4.97. The minimum atomic E-state index is -1.42. The molecule has 0 spiro atoms. The van der Waals surface area contributed by atoms with Gasteiger partial charge >= 0.3 is 0 Å². The number of hydrogen-bond donors (Lipinski definition) is 4. The Morgan fingerprint density at radius 2 is 1.71 bits per heavy atom. The number of aliphatic hydroxyl groups excluding tert-OH is 3. The maximum absolute atomic E-state index is 9.69. The van der Waals surface area contributed by atoms with E-state index in [-0.39, 0.29) is 6.61 Å². The maximum atomic E-state index is 9.69. The van der Waals surface area contributed by atoms with Crippen LogP contribution in [0.5, 0.6) is 0 Å². The smallest absolute Gasteiger partial charge is 0.177 e. The molecule has 0 saturated heterocycles. The van der Waals surface area contributed by atoms with Gasteiger partial charge in [-0.2, -0.15) is 0 Å². The Labute approximate surface area is 101 Å². The Hall–Kier alpha value is -0.720. The first-order valence-corrected chi connectivity index (χ1v) is 5.81. The molecule has 0 aromatic rings. The summed E-state index contributed by atoms with van der Waals surface area (Å²) in [5, 5.41) is 36.2. The average molecular weight is 244 g/mol. The molecule has 98 valence electrons. The van der Waals surface area contributed by atoms with Crippen LogP contribution in [0.4, 0.5) is 0 Å². The zero-order valence-corrected chi connectivity index (χ0v) is 9.75. The largest absolute Gasteiger partial charge is 0.396 e. The van der Waals surface area contributed by atoms with Crippen LogP contribution in [-0.2, 0) is 4.74 Å². The van der Waals surface area contributed by atoms with E-state index in [1.165, 1.54) is 0 Å². The van der Waals surface area contributed by atoms with Crippen molar-refractivity contribution in [3.63, 3.8) is 0 Å². The molecule has 5 heteroatoms. The summed E-state index contributed by atoms with van der Waals surface area (Å²) >= 11 is 0. The predicted octanol–water partition coefficient (Wildman–Crippen LogP) is 0.0512. The lowest BCUT2D eigenvalue weighted by molar-refractivity contribution is -0.0760. The Morgan fingerprint density at radius 3 is 2.24 bits per heavy atom.